The van der Waals surface area contributed by atoms with Crippen LogP contribution in [0.15, 0.2) is 24.3 Å². The molecule has 2 heterocycles. The fraction of sp³-hybridized carbons (Fsp3) is 0.312. The number of hydrogen-bond donors (Lipinski definition) is 1. The normalized spacial score (nSPS) is 17.9. The first-order chi connectivity index (χ1) is 10.5. The zero-order valence-corrected chi connectivity index (χ0v) is 12.0. The minimum atomic E-state index is -0.876. The summed E-state index contributed by atoms with van der Waals surface area (Å²) >= 11 is 0. The van der Waals surface area contributed by atoms with Crippen molar-refractivity contribution in [3.05, 3.63) is 41.3 Å². The van der Waals surface area contributed by atoms with Gasteiger partial charge < -0.3 is 10.0 Å². The number of hydrogen-bond acceptors (Lipinski definition) is 3. The topological polar surface area (TPSA) is 70.5 Å². The van der Waals surface area contributed by atoms with Crippen molar-refractivity contribution in [2.45, 2.75) is 13.3 Å². The van der Waals surface area contributed by atoms with E-state index in [0.717, 1.165) is 0 Å². The molecule has 2 aromatic rings. The second kappa shape index (κ2) is 5.36. The van der Waals surface area contributed by atoms with Gasteiger partial charge in [0.25, 0.3) is 5.91 Å². The van der Waals surface area contributed by atoms with Crippen LogP contribution in [0.1, 0.15) is 22.5 Å². The van der Waals surface area contributed by atoms with Crippen LogP contribution in [0, 0.1) is 18.7 Å². The highest BCUT2D eigenvalue weighted by molar-refractivity contribution is 5.99. The predicted molar refractivity (Wildman–Crippen MR) is 78.1 cm³/mol. The highest BCUT2D eigenvalue weighted by Gasteiger charge is 2.32. The van der Waals surface area contributed by atoms with Crippen LogP contribution in [0.5, 0.6) is 0 Å². The fourth-order valence-electron chi connectivity index (χ4n) is 2.77. The van der Waals surface area contributed by atoms with E-state index in [1.807, 2.05) is 0 Å². The Hall–Kier alpha value is -2.50. The van der Waals surface area contributed by atoms with E-state index in [9.17, 15) is 14.0 Å². The number of aryl methyl sites for hydroxylation is 1. The molecule has 0 radical (unpaired) electrons. The molecule has 5 nitrogen and oxygen atoms in total. The van der Waals surface area contributed by atoms with Gasteiger partial charge in [0.2, 0.25) is 0 Å². The van der Waals surface area contributed by atoms with Crippen molar-refractivity contribution >= 4 is 22.8 Å². The van der Waals surface area contributed by atoms with Gasteiger partial charge in [-0.2, -0.15) is 0 Å². The maximum absolute atomic E-state index is 13.2. The Bertz CT molecular complexity index is 775. The minimum Gasteiger partial charge on any atom is -0.481 e. The molecule has 0 bridgehead atoms. The van der Waals surface area contributed by atoms with Gasteiger partial charge in [-0.05, 0) is 31.5 Å². The molecule has 114 valence electrons. The van der Waals surface area contributed by atoms with Gasteiger partial charge in [-0.1, -0.05) is 0 Å². The number of benzene rings is 1. The van der Waals surface area contributed by atoms with Crippen LogP contribution in [0.25, 0.3) is 10.9 Å². The van der Waals surface area contributed by atoms with Gasteiger partial charge in [0.05, 0.1) is 22.7 Å². The molecule has 1 atom stereocenters. The summed E-state index contributed by atoms with van der Waals surface area (Å²) in [5.74, 6) is -1.98. The Morgan fingerprint density at radius 2 is 2.14 bits per heavy atom. The number of likely N-dealkylation sites (tertiary alicyclic amines) is 1. The van der Waals surface area contributed by atoms with Gasteiger partial charge in [-0.25, -0.2) is 4.39 Å². The van der Waals surface area contributed by atoms with Crippen LogP contribution in [0.4, 0.5) is 4.39 Å². The molecule has 3 rings (SSSR count). The summed E-state index contributed by atoms with van der Waals surface area (Å²) < 4.78 is 13.2. The lowest BCUT2D eigenvalue weighted by molar-refractivity contribution is -0.141. The third-order valence-electron chi connectivity index (χ3n) is 4.03. The number of nitrogens with zero attached hydrogens (tertiary/aromatic N) is 2. The number of pyridine rings is 1. The molecule has 0 spiro atoms. The van der Waals surface area contributed by atoms with Crippen LogP contribution < -0.4 is 0 Å². The average Bonchev–Trinajstić information content (AvgIpc) is 2.95. The molecule has 1 aromatic carbocycles. The summed E-state index contributed by atoms with van der Waals surface area (Å²) in [6.07, 6.45) is 0.465. The summed E-state index contributed by atoms with van der Waals surface area (Å²) in [5.41, 5.74) is 1.45. The van der Waals surface area contributed by atoms with Gasteiger partial charge >= 0.3 is 5.97 Å². The maximum atomic E-state index is 13.2. The van der Waals surface area contributed by atoms with E-state index < -0.39 is 11.9 Å². The summed E-state index contributed by atoms with van der Waals surface area (Å²) in [6.45, 7) is 2.34. The van der Waals surface area contributed by atoms with Crippen LogP contribution in [0.3, 0.4) is 0 Å². The largest absolute Gasteiger partial charge is 0.481 e. The Morgan fingerprint density at radius 3 is 2.82 bits per heavy atom. The van der Waals surface area contributed by atoms with Crippen molar-refractivity contribution < 1.29 is 19.1 Å². The Balaban J connectivity index is 1.93. The third-order valence-corrected chi connectivity index (χ3v) is 4.03. The first-order valence-electron chi connectivity index (χ1n) is 7.04. The maximum Gasteiger partial charge on any atom is 0.308 e. The van der Waals surface area contributed by atoms with Crippen molar-refractivity contribution in [1.29, 1.82) is 0 Å². The molecule has 0 aliphatic carbocycles. The van der Waals surface area contributed by atoms with Crippen molar-refractivity contribution in [2.75, 3.05) is 13.1 Å². The molecule has 0 saturated carbocycles. The second-order valence-corrected chi connectivity index (χ2v) is 5.53. The van der Waals surface area contributed by atoms with Gasteiger partial charge in [0, 0.05) is 24.5 Å². The van der Waals surface area contributed by atoms with Gasteiger partial charge in [0.15, 0.2) is 0 Å². The highest BCUT2D eigenvalue weighted by atomic mass is 19.1. The van der Waals surface area contributed by atoms with Crippen LogP contribution in [-0.2, 0) is 4.79 Å². The smallest absolute Gasteiger partial charge is 0.308 e. The van der Waals surface area contributed by atoms with Crippen molar-refractivity contribution in [2.24, 2.45) is 5.92 Å². The number of aliphatic carboxylic acids is 1. The van der Waals surface area contributed by atoms with Crippen molar-refractivity contribution in [3.63, 3.8) is 0 Å². The lowest BCUT2D eigenvalue weighted by atomic mass is 10.1. The molecule has 22 heavy (non-hydrogen) atoms. The van der Waals surface area contributed by atoms with Crippen LogP contribution in [-0.4, -0.2) is 40.0 Å². The van der Waals surface area contributed by atoms with Gasteiger partial charge in [-0.3, -0.25) is 14.6 Å². The molecule has 1 amide bonds. The molecule has 1 N–H and O–H groups in total. The zero-order valence-electron chi connectivity index (χ0n) is 12.0. The number of carbonyl (C=O) groups is 2. The molecule has 1 aliphatic rings. The fourth-order valence-corrected chi connectivity index (χ4v) is 2.77. The third kappa shape index (κ3) is 2.52. The zero-order chi connectivity index (χ0) is 15.9. The van der Waals surface area contributed by atoms with Crippen molar-refractivity contribution in [1.82, 2.24) is 9.88 Å². The van der Waals surface area contributed by atoms with E-state index in [4.69, 9.17) is 5.11 Å². The van der Waals surface area contributed by atoms with E-state index in [0.29, 0.717) is 35.1 Å². The first-order valence-corrected chi connectivity index (χ1v) is 7.04. The van der Waals surface area contributed by atoms with Gasteiger partial charge in [0.1, 0.15) is 5.82 Å². The number of aromatic nitrogens is 1. The van der Waals surface area contributed by atoms with Crippen molar-refractivity contribution in [3.8, 4) is 0 Å². The van der Waals surface area contributed by atoms with Gasteiger partial charge in [-0.15, -0.1) is 0 Å². The number of carboxylic acid groups (broad SMARTS) is 1. The Labute approximate surface area is 126 Å². The Kier molecular flexibility index (Phi) is 3.52. The summed E-state index contributed by atoms with van der Waals surface area (Å²) in [6, 6.07) is 5.92. The highest BCUT2D eigenvalue weighted by Crippen LogP contribution is 2.23. The number of carboxylic acids is 1. The molecule has 1 unspecified atom stereocenters. The molecule has 1 saturated heterocycles. The number of rotatable bonds is 2. The summed E-state index contributed by atoms with van der Waals surface area (Å²) in [5, 5.41) is 9.70. The summed E-state index contributed by atoms with van der Waals surface area (Å²) in [4.78, 5) is 29.4. The first kappa shape index (κ1) is 14.4. The van der Waals surface area contributed by atoms with E-state index in [1.165, 1.54) is 17.0 Å². The number of halogens is 1. The number of carbonyl (C=O) groups excluding carboxylic acids is 1. The van der Waals surface area contributed by atoms with E-state index in [-0.39, 0.29) is 18.3 Å². The van der Waals surface area contributed by atoms with Crippen LogP contribution in [0.2, 0.25) is 0 Å². The van der Waals surface area contributed by atoms with E-state index >= 15 is 0 Å². The molecular weight excluding hydrogens is 287 g/mol. The second-order valence-electron chi connectivity index (χ2n) is 5.53. The average molecular weight is 302 g/mol. The monoisotopic (exact) mass is 302 g/mol. The summed E-state index contributed by atoms with van der Waals surface area (Å²) in [7, 11) is 0. The lowest BCUT2D eigenvalue weighted by Gasteiger charge is -2.17. The van der Waals surface area contributed by atoms with E-state index in [2.05, 4.69) is 4.98 Å². The quantitative estimate of drug-likeness (QED) is 0.923. The molecule has 1 aromatic heterocycles. The van der Waals surface area contributed by atoms with Crippen LogP contribution >= 0.6 is 0 Å². The Morgan fingerprint density at radius 1 is 1.36 bits per heavy atom. The molecule has 6 heteroatoms. The lowest BCUT2D eigenvalue weighted by Crippen LogP contribution is -2.30. The van der Waals surface area contributed by atoms with E-state index in [1.54, 1.807) is 19.1 Å². The standard InChI is InChI=1S/C16H15FN2O3/c1-9-13(6-10-2-3-12(17)7-14(10)18-9)15(20)19-5-4-11(8-19)16(21)22/h2-3,6-7,11H,4-5,8H2,1H3,(H,21,22). The molecule has 1 fully saturated rings. The molecule has 1 aliphatic heterocycles. The molecular formula is C16H15FN2O3. The predicted octanol–water partition coefficient (Wildman–Crippen LogP) is 2.23. The SMILES string of the molecule is Cc1nc2cc(F)ccc2cc1C(=O)N1CCC(C(=O)O)C1. The number of fused-ring (bicyclic) bond motifs is 1. The number of amides is 1. The minimum absolute atomic E-state index is 0.217.